The second-order valence-corrected chi connectivity index (χ2v) is 6.54. The Kier molecular flexibility index (Phi) is 5.22. The quantitative estimate of drug-likeness (QED) is 0.900. The van der Waals surface area contributed by atoms with E-state index in [1.54, 1.807) is 4.90 Å². The van der Waals surface area contributed by atoms with E-state index in [2.05, 4.69) is 0 Å². The van der Waals surface area contributed by atoms with Gasteiger partial charge in [-0.1, -0.05) is 6.07 Å². The average molecular weight is 351 g/mol. The Hall–Kier alpha value is -2.15. The molecule has 2 heterocycles. The Balaban J connectivity index is 1.66. The molecule has 2 fully saturated rings. The van der Waals surface area contributed by atoms with Gasteiger partial charge in [0.2, 0.25) is 5.60 Å². The highest BCUT2D eigenvalue weighted by Crippen LogP contribution is 2.30. The van der Waals surface area contributed by atoms with Crippen LogP contribution in [0.4, 0.5) is 4.39 Å². The molecule has 0 saturated carbocycles. The molecule has 1 N–H and O–H groups in total. The fourth-order valence-electron chi connectivity index (χ4n) is 3.34. The van der Waals surface area contributed by atoms with E-state index in [0.717, 1.165) is 18.9 Å². The molecule has 1 aromatic carbocycles. The fraction of sp³-hybridized carbons (Fsp3) is 0.556. The van der Waals surface area contributed by atoms with E-state index in [0.29, 0.717) is 13.0 Å². The van der Waals surface area contributed by atoms with Crippen molar-refractivity contribution in [1.29, 1.82) is 0 Å². The largest absolute Gasteiger partial charge is 0.478 e. The monoisotopic (exact) mass is 351 g/mol. The molecule has 7 heteroatoms. The first-order valence-electron chi connectivity index (χ1n) is 8.58. The number of hydrogen-bond donors (Lipinski definition) is 1. The van der Waals surface area contributed by atoms with Gasteiger partial charge in [-0.15, -0.1) is 0 Å². The van der Waals surface area contributed by atoms with Gasteiger partial charge in [0, 0.05) is 38.6 Å². The van der Waals surface area contributed by atoms with E-state index in [1.165, 1.54) is 18.2 Å². The summed E-state index contributed by atoms with van der Waals surface area (Å²) < 4.78 is 24.5. The zero-order valence-corrected chi connectivity index (χ0v) is 13.9. The van der Waals surface area contributed by atoms with E-state index in [-0.39, 0.29) is 37.6 Å². The van der Waals surface area contributed by atoms with Gasteiger partial charge in [0.25, 0.3) is 5.91 Å². The zero-order chi connectivity index (χ0) is 17.9. The number of nitrogens with zero attached hydrogens (tertiary/aromatic N) is 1. The van der Waals surface area contributed by atoms with Crippen LogP contribution in [0, 0.1) is 5.82 Å². The topological polar surface area (TPSA) is 76.1 Å². The molecular weight excluding hydrogens is 329 g/mol. The molecule has 2 saturated heterocycles. The Morgan fingerprint density at radius 2 is 2.04 bits per heavy atom. The minimum Gasteiger partial charge on any atom is -0.478 e. The van der Waals surface area contributed by atoms with Gasteiger partial charge in [-0.3, -0.25) is 4.79 Å². The van der Waals surface area contributed by atoms with Crippen LogP contribution in [0.3, 0.4) is 0 Å². The standard InChI is InChI=1S/C18H22FNO5/c19-13-4-3-5-14(12-13)25-18(17(22)23)7-9-20(10-8-18)16(21)15-6-1-2-11-24-15/h3-5,12,15H,1-2,6-11H2,(H,22,23). The second-order valence-electron chi connectivity index (χ2n) is 6.54. The van der Waals surface area contributed by atoms with Crippen LogP contribution in [0.25, 0.3) is 0 Å². The highest BCUT2D eigenvalue weighted by atomic mass is 19.1. The van der Waals surface area contributed by atoms with E-state index < -0.39 is 23.5 Å². The first-order valence-corrected chi connectivity index (χ1v) is 8.58. The molecule has 1 atom stereocenters. The third-order valence-electron chi connectivity index (χ3n) is 4.84. The number of carboxylic acid groups (broad SMARTS) is 1. The van der Waals surface area contributed by atoms with Crippen molar-refractivity contribution in [2.24, 2.45) is 0 Å². The number of amides is 1. The van der Waals surface area contributed by atoms with E-state index in [9.17, 15) is 19.1 Å². The predicted molar refractivity (Wildman–Crippen MR) is 86.8 cm³/mol. The summed E-state index contributed by atoms with van der Waals surface area (Å²) >= 11 is 0. The predicted octanol–water partition coefficient (Wildman–Crippen LogP) is 2.22. The van der Waals surface area contributed by atoms with Gasteiger partial charge in [0.1, 0.15) is 17.7 Å². The summed E-state index contributed by atoms with van der Waals surface area (Å²) in [4.78, 5) is 25.9. The van der Waals surface area contributed by atoms with Crippen molar-refractivity contribution < 1.29 is 28.6 Å². The highest BCUT2D eigenvalue weighted by molar-refractivity contribution is 5.82. The van der Waals surface area contributed by atoms with Crippen molar-refractivity contribution in [3.05, 3.63) is 30.1 Å². The molecule has 0 radical (unpaired) electrons. The average Bonchev–Trinajstić information content (AvgIpc) is 2.62. The molecular formula is C18H22FNO5. The van der Waals surface area contributed by atoms with Crippen LogP contribution in [0.2, 0.25) is 0 Å². The van der Waals surface area contributed by atoms with Crippen molar-refractivity contribution in [1.82, 2.24) is 4.90 Å². The molecule has 136 valence electrons. The number of carbonyl (C=O) groups excluding carboxylic acids is 1. The third-order valence-corrected chi connectivity index (χ3v) is 4.84. The van der Waals surface area contributed by atoms with Crippen LogP contribution in [-0.2, 0) is 14.3 Å². The summed E-state index contributed by atoms with van der Waals surface area (Å²) in [7, 11) is 0. The number of hydrogen-bond acceptors (Lipinski definition) is 4. The van der Waals surface area contributed by atoms with E-state index >= 15 is 0 Å². The van der Waals surface area contributed by atoms with Crippen molar-refractivity contribution in [3.63, 3.8) is 0 Å². The minimum absolute atomic E-state index is 0.0792. The lowest BCUT2D eigenvalue weighted by molar-refractivity contribution is -0.164. The number of aliphatic carboxylic acids is 1. The zero-order valence-electron chi connectivity index (χ0n) is 13.9. The number of piperidine rings is 1. The van der Waals surface area contributed by atoms with Crippen LogP contribution >= 0.6 is 0 Å². The third kappa shape index (κ3) is 3.92. The number of likely N-dealkylation sites (tertiary alicyclic amines) is 1. The van der Waals surface area contributed by atoms with Crippen molar-refractivity contribution in [3.8, 4) is 5.75 Å². The molecule has 0 bridgehead atoms. The Labute approximate surface area is 145 Å². The number of benzene rings is 1. The first-order chi connectivity index (χ1) is 12.0. The maximum absolute atomic E-state index is 13.3. The molecule has 2 aliphatic rings. The Morgan fingerprint density at radius 3 is 2.64 bits per heavy atom. The van der Waals surface area contributed by atoms with Crippen molar-refractivity contribution >= 4 is 11.9 Å². The summed E-state index contributed by atoms with van der Waals surface area (Å²) in [5, 5.41) is 9.65. The number of halogens is 1. The summed E-state index contributed by atoms with van der Waals surface area (Å²) in [6, 6.07) is 5.43. The fourth-order valence-corrected chi connectivity index (χ4v) is 3.34. The summed E-state index contributed by atoms with van der Waals surface area (Å²) in [5.41, 5.74) is -1.45. The lowest BCUT2D eigenvalue weighted by Gasteiger charge is -2.40. The SMILES string of the molecule is O=C(C1CCCCO1)N1CCC(Oc2cccc(F)c2)(C(=O)O)CC1. The van der Waals surface area contributed by atoms with Crippen molar-refractivity contribution in [2.45, 2.75) is 43.8 Å². The van der Waals surface area contributed by atoms with Crippen LogP contribution in [0.5, 0.6) is 5.75 Å². The van der Waals surface area contributed by atoms with Crippen molar-refractivity contribution in [2.75, 3.05) is 19.7 Å². The molecule has 0 aromatic heterocycles. The molecule has 2 aliphatic heterocycles. The maximum atomic E-state index is 13.3. The minimum atomic E-state index is -1.45. The smallest absolute Gasteiger partial charge is 0.348 e. The maximum Gasteiger partial charge on any atom is 0.348 e. The van der Waals surface area contributed by atoms with Gasteiger partial charge in [-0.25, -0.2) is 9.18 Å². The van der Waals surface area contributed by atoms with Crippen LogP contribution in [0.1, 0.15) is 32.1 Å². The number of carbonyl (C=O) groups is 2. The van der Waals surface area contributed by atoms with Gasteiger partial charge in [0.15, 0.2) is 0 Å². The molecule has 1 amide bonds. The molecule has 1 aromatic rings. The summed E-state index contributed by atoms with van der Waals surface area (Å²) in [5.74, 6) is -1.49. The van der Waals surface area contributed by atoms with Crippen LogP contribution in [-0.4, -0.2) is 53.3 Å². The Bertz CT molecular complexity index is 636. The molecule has 1 unspecified atom stereocenters. The summed E-state index contributed by atoms with van der Waals surface area (Å²) in [6.45, 7) is 1.15. The number of ether oxygens (including phenoxy) is 2. The van der Waals surface area contributed by atoms with E-state index in [1.807, 2.05) is 0 Å². The van der Waals surface area contributed by atoms with E-state index in [4.69, 9.17) is 9.47 Å². The molecule has 6 nitrogen and oxygen atoms in total. The molecule has 0 aliphatic carbocycles. The number of rotatable bonds is 4. The normalized spacial score (nSPS) is 23.1. The van der Waals surface area contributed by atoms with Gasteiger partial charge >= 0.3 is 5.97 Å². The van der Waals surface area contributed by atoms with Gasteiger partial charge in [0.05, 0.1) is 0 Å². The highest BCUT2D eigenvalue weighted by Gasteiger charge is 2.45. The molecule has 0 spiro atoms. The lowest BCUT2D eigenvalue weighted by Crippen LogP contribution is -2.56. The molecule has 3 rings (SSSR count). The molecule has 25 heavy (non-hydrogen) atoms. The second kappa shape index (κ2) is 7.39. The Morgan fingerprint density at radius 1 is 1.28 bits per heavy atom. The lowest BCUT2D eigenvalue weighted by atomic mass is 9.90. The number of carboxylic acids is 1. The van der Waals surface area contributed by atoms with Gasteiger partial charge < -0.3 is 19.5 Å². The summed E-state index contributed by atoms with van der Waals surface area (Å²) in [6.07, 6.45) is 2.52. The van der Waals surface area contributed by atoms with Gasteiger partial charge in [-0.05, 0) is 31.4 Å². The first kappa shape index (κ1) is 17.7. The van der Waals surface area contributed by atoms with Gasteiger partial charge in [-0.2, -0.15) is 0 Å². The van der Waals surface area contributed by atoms with Crippen LogP contribution in [0.15, 0.2) is 24.3 Å². The van der Waals surface area contributed by atoms with Crippen LogP contribution < -0.4 is 4.74 Å².